The van der Waals surface area contributed by atoms with E-state index in [1.54, 1.807) is 12.1 Å². The number of hydrogen-bond donors (Lipinski definition) is 1. The smallest absolute Gasteiger partial charge is 0.233 e. The van der Waals surface area contributed by atoms with Crippen molar-refractivity contribution < 1.29 is 9.84 Å². The fourth-order valence-corrected chi connectivity index (χ4v) is 2.27. The Morgan fingerprint density at radius 1 is 1.19 bits per heavy atom. The van der Waals surface area contributed by atoms with Crippen LogP contribution in [0, 0.1) is 0 Å². The van der Waals surface area contributed by atoms with Gasteiger partial charge in [-0.25, -0.2) is 4.98 Å². The molecule has 1 N–H and O–H groups in total. The van der Waals surface area contributed by atoms with E-state index < -0.39 is 6.10 Å². The molecule has 1 aromatic carbocycles. The van der Waals surface area contributed by atoms with Crippen LogP contribution in [0.1, 0.15) is 17.6 Å². The van der Waals surface area contributed by atoms with Gasteiger partial charge in [-0.15, -0.1) is 10.2 Å². The third-order valence-electron chi connectivity index (χ3n) is 3.47. The van der Waals surface area contributed by atoms with Crippen molar-refractivity contribution in [3.8, 4) is 5.88 Å². The zero-order valence-electron chi connectivity index (χ0n) is 11.9. The Hall–Kier alpha value is -2.47. The summed E-state index contributed by atoms with van der Waals surface area (Å²) in [6, 6.07) is 11.3. The van der Waals surface area contributed by atoms with Crippen molar-refractivity contribution in [1.29, 1.82) is 0 Å². The number of ether oxygens (including phenoxy) is 1. The molecule has 0 aliphatic rings. The van der Waals surface area contributed by atoms with Crippen LogP contribution in [-0.4, -0.2) is 32.0 Å². The van der Waals surface area contributed by atoms with Crippen molar-refractivity contribution in [2.45, 2.75) is 12.5 Å². The average molecular weight is 284 g/mol. The first-order valence-corrected chi connectivity index (χ1v) is 6.65. The molecule has 2 heterocycles. The molecule has 0 aliphatic heterocycles. The van der Waals surface area contributed by atoms with Gasteiger partial charge in [-0.1, -0.05) is 12.1 Å². The van der Waals surface area contributed by atoms with Gasteiger partial charge >= 0.3 is 0 Å². The molecule has 108 valence electrons. The predicted molar refractivity (Wildman–Crippen MR) is 78.0 cm³/mol. The fraction of sp³-hybridized carbons (Fsp3) is 0.267. The minimum atomic E-state index is -0.751. The molecule has 6 heteroatoms. The van der Waals surface area contributed by atoms with E-state index in [-0.39, 0.29) is 0 Å². The number of rotatable bonds is 4. The lowest BCUT2D eigenvalue weighted by Gasteiger charge is -2.09. The van der Waals surface area contributed by atoms with E-state index in [1.165, 1.54) is 7.11 Å². The molecule has 0 saturated carbocycles. The van der Waals surface area contributed by atoms with E-state index in [2.05, 4.69) is 15.2 Å². The predicted octanol–water partition coefficient (Wildman–Crippen LogP) is 1.65. The molecule has 3 aromatic rings. The molecule has 2 aromatic heterocycles. The summed E-state index contributed by atoms with van der Waals surface area (Å²) in [5.74, 6) is 1.23. The molecule has 0 fully saturated rings. The van der Waals surface area contributed by atoms with Crippen LogP contribution in [-0.2, 0) is 13.5 Å². The van der Waals surface area contributed by atoms with Crippen LogP contribution in [0.25, 0.3) is 11.0 Å². The Balaban J connectivity index is 1.85. The minimum Gasteiger partial charge on any atom is -0.480 e. The summed E-state index contributed by atoms with van der Waals surface area (Å²) < 4.78 is 6.94. The molecule has 1 atom stereocenters. The lowest BCUT2D eigenvalue weighted by Crippen LogP contribution is -2.09. The van der Waals surface area contributed by atoms with Gasteiger partial charge in [0.2, 0.25) is 5.88 Å². The Kier molecular flexibility index (Phi) is 3.53. The van der Waals surface area contributed by atoms with Gasteiger partial charge < -0.3 is 14.4 Å². The first kappa shape index (κ1) is 13.5. The Labute approximate surface area is 122 Å². The number of aliphatic hydroxyl groups is 1. The van der Waals surface area contributed by atoms with Gasteiger partial charge in [0.05, 0.1) is 23.8 Å². The van der Waals surface area contributed by atoms with Crippen molar-refractivity contribution in [3.05, 3.63) is 47.9 Å². The molecule has 0 saturated heterocycles. The molecule has 0 aliphatic carbocycles. The number of aryl methyl sites for hydroxylation is 1. The lowest BCUT2D eigenvalue weighted by molar-refractivity contribution is 0.168. The first-order chi connectivity index (χ1) is 10.2. The second-order valence-corrected chi connectivity index (χ2v) is 4.80. The Morgan fingerprint density at radius 2 is 2.00 bits per heavy atom. The summed E-state index contributed by atoms with van der Waals surface area (Å²) in [5.41, 5.74) is 2.46. The quantitative estimate of drug-likeness (QED) is 0.788. The molecule has 0 spiro atoms. The van der Waals surface area contributed by atoms with Crippen LogP contribution >= 0.6 is 0 Å². The van der Waals surface area contributed by atoms with Crippen molar-refractivity contribution >= 4 is 11.0 Å². The van der Waals surface area contributed by atoms with Crippen LogP contribution in [0.15, 0.2) is 36.4 Å². The van der Waals surface area contributed by atoms with Crippen molar-refractivity contribution in [3.63, 3.8) is 0 Å². The fourth-order valence-electron chi connectivity index (χ4n) is 2.27. The number of para-hydroxylation sites is 2. The van der Waals surface area contributed by atoms with Gasteiger partial charge in [0.15, 0.2) is 0 Å². The number of aliphatic hydroxyl groups excluding tert-OH is 1. The normalized spacial score (nSPS) is 12.5. The number of nitrogens with zero attached hydrogens (tertiary/aromatic N) is 4. The maximum Gasteiger partial charge on any atom is 0.233 e. The van der Waals surface area contributed by atoms with Gasteiger partial charge in [-0.05, 0) is 18.2 Å². The number of methoxy groups -OCH3 is 1. The molecule has 6 nitrogen and oxygen atoms in total. The van der Waals surface area contributed by atoms with Gasteiger partial charge in [0, 0.05) is 19.5 Å². The van der Waals surface area contributed by atoms with E-state index in [0.717, 1.165) is 16.9 Å². The third-order valence-corrected chi connectivity index (χ3v) is 3.47. The SMILES string of the molecule is COc1ccc(C(O)Cc2nc3ccccc3n2C)nn1. The van der Waals surface area contributed by atoms with Crippen LogP contribution < -0.4 is 4.74 Å². The highest BCUT2D eigenvalue weighted by molar-refractivity contribution is 5.75. The van der Waals surface area contributed by atoms with Gasteiger partial charge in [-0.2, -0.15) is 0 Å². The number of imidazole rings is 1. The second kappa shape index (κ2) is 5.49. The van der Waals surface area contributed by atoms with Gasteiger partial charge in [0.25, 0.3) is 0 Å². The average Bonchev–Trinajstić information content (AvgIpc) is 2.84. The van der Waals surface area contributed by atoms with E-state index in [9.17, 15) is 5.11 Å². The zero-order valence-corrected chi connectivity index (χ0v) is 11.9. The summed E-state index contributed by atoms with van der Waals surface area (Å²) >= 11 is 0. The number of aromatic nitrogens is 4. The molecule has 3 rings (SSSR count). The van der Waals surface area contributed by atoms with E-state index in [4.69, 9.17) is 4.74 Å². The first-order valence-electron chi connectivity index (χ1n) is 6.65. The highest BCUT2D eigenvalue weighted by atomic mass is 16.5. The topological polar surface area (TPSA) is 73.1 Å². The maximum absolute atomic E-state index is 10.3. The molecule has 0 bridgehead atoms. The monoisotopic (exact) mass is 284 g/mol. The van der Waals surface area contributed by atoms with E-state index >= 15 is 0 Å². The standard InChI is InChI=1S/C15H16N4O2/c1-19-12-6-4-3-5-10(12)16-14(19)9-13(20)11-7-8-15(21-2)18-17-11/h3-8,13,20H,9H2,1-2H3. The summed E-state index contributed by atoms with van der Waals surface area (Å²) in [4.78, 5) is 4.54. The van der Waals surface area contributed by atoms with Crippen LogP contribution in [0.5, 0.6) is 5.88 Å². The van der Waals surface area contributed by atoms with Crippen LogP contribution in [0.2, 0.25) is 0 Å². The molecule has 1 unspecified atom stereocenters. The van der Waals surface area contributed by atoms with Crippen LogP contribution in [0.4, 0.5) is 0 Å². The third kappa shape index (κ3) is 2.57. The Bertz CT molecular complexity index is 752. The highest BCUT2D eigenvalue weighted by Gasteiger charge is 2.15. The summed E-state index contributed by atoms with van der Waals surface area (Å²) in [6.45, 7) is 0. The van der Waals surface area contributed by atoms with Crippen molar-refractivity contribution in [2.75, 3.05) is 7.11 Å². The van der Waals surface area contributed by atoms with Gasteiger partial charge in [0.1, 0.15) is 11.9 Å². The number of benzene rings is 1. The second-order valence-electron chi connectivity index (χ2n) is 4.80. The van der Waals surface area contributed by atoms with Crippen molar-refractivity contribution in [2.24, 2.45) is 7.05 Å². The number of fused-ring (bicyclic) bond motifs is 1. The van der Waals surface area contributed by atoms with Crippen molar-refractivity contribution in [1.82, 2.24) is 19.7 Å². The minimum absolute atomic E-state index is 0.381. The number of hydrogen-bond acceptors (Lipinski definition) is 5. The largest absolute Gasteiger partial charge is 0.480 e. The summed E-state index contributed by atoms with van der Waals surface area (Å²) in [6.07, 6.45) is -0.370. The lowest BCUT2D eigenvalue weighted by atomic mass is 10.1. The summed E-state index contributed by atoms with van der Waals surface area (Å²) in [7, 11) is 3.47. The molecular weight excluding hydrogens is 268 g/mol. The molecule has 21 heavy (non-hydrogen) atoms. The molecular formula is C15H16N4O2. The molecule has 0 radical (unpaired) electrons. The van der Waals surface area contributed by atoms with E-state index in [0.29, 0.717) is 18.0 Å². The summed E-state index contributed by atoms with van der Waals surface area (Å²) in [5, 5.41) is 18.1. The van der Waals surface area contributed by atoms with Gasteiger partial charge in [-0.3, -0.25) is 0 Å². The maximum atomic E-state index is 10.3. The zero-order chi connectivity index (χ0) is 14.8. The molecule has 0 amide bonds. The van der Waals surface area contributed by atoms with E-state index in [1.807, 2.05) is 35.9 Å². The highest BCUT2D eigenvalue weighted by Crippen LogP contribution is 2.20. The van der Waals surface area contributed by atoms with Crippen LogP contribution in [0.3, 0.4) is 0 Å². The Morgan fingerprint density at radius 3 is 2.67 bits per heavy atom.